The monoisotopic (exact) mass is 145 g/mol. The molecule has 1 unspecified atom stereocenters. The van der Waals surface area contributed by atoms with Crippen molar-refractivity contribution in [2.45, 2.75) is 40.2 Å². The zero-order chi connectivity index (χ0) is 8.15. The lowest BCUT2D eigenvalue weighted by atomic mass is 10.1. The van der Waals surface area contributed by atoms with Gasteiger partial charge in [0.1, 0.15) is 0 Å². The summed E-state index contributed by atoms with van der Waals surface area (Å²) >= 11 is 0. The zero-order valence-electron chi connectivity index (χ0n) is 7.48. The zero-order valence-corrected chi connectivity index (χ0v) is 7.48. The van der Waals surface area contributed by atoms with Gasteiger partial charge in [0.05, 0.1) is 12.6 Å². The molecule has 1 atom stereocenters. The van der Waals surface area contributed by atoms with Gasteiger partial charge in [-0.05, 0) is 26.2 Å². The van der Waals surface area contributed by atoms with Gasteiger partial charge in [-0.25, -0.2) is 0 Å². The Kier molecular flexibility index (Phi) is 4.65. The van der Waals surface area contributed by atoms with Crippen LogP contribution in [-0.2, 0) is 0 Å². The van der Waals surface area contributed by atoms with Gasteiger partial charge in [0.15, 0.2) is 0 Å². The summed E-state index contributed by atoms with van der Waals surface area (Å²) in [7, 11) is 0. The van der Waals surface area contributed by atoms with E-state index < -0.39 is 0 Å². The number of rotatable bonds is 4. The Hall–Kier alpha value is -0.0800. The summed E-state index contributed by atoms with van der Waals surface area (Å²) in [5.74, 6) is 0.655. The maximum atomic E-state index is 11.0. The fraction of sp³-hybridized carbons (Fsp3) is 1.00. The first-order chi connectivity index (χ1) is 4.54. The van der Waals surface area contributed by atoms with Gasteiger partial charge in [0.25, 0.3) is 0 Å². The van der Waals surface area contributed by atoms with Crippen LogP contribution in [0.1, 0.15) is 34.1 Å². The highest BCUT2D eigenvalue weighted by Gasteiger charge is 2.02. The lowest BCUT2D eigenvalue weighted by Gasteiger charge is -2.26. The van der Waals surface area contributed by atoms with Gasteiger partial charge >= 0.3 is 0 Å². The lowest BCUT2D eigenvalue weighted by molar-refractivity contribution is -0.871. The van der Waals surface area contributed by atoms with E-state index in [0.717, 1.165) is 13.0 Å². The molecule has 0 aliphatic heterocycles. The van der Waals surface area contributed by atoms with Crippen LogP contribution < -0.4 is 5.06 Å². The third-order valence-corrected chi connectivity index (χ3v) is 1.61. The summed E-state index contributed by atoms with van der Waals surface area (Å²) in [6.45, 7) is 8.97. The Morgan fingerprint density at radius 3 is 2.00 bits per heavy atom. The molecule has 0 aromatic carbocycles. The lowest BCUT2D eigenvalue weighted by Crippen LogP contribution is -3.10. The Bertz CT molecular complexity index is 81.3. The van der Waals surface area contributed by atoms with Crippen molar-refractivity contribution in [2.24, 2.45) is 5.92 Å². The Morgan fingerprint density at radius 1 is 1.20 bits per heavy atom. The van der Waals surface area contributed by atoms with E-state index in [1.165, 1.54) is 0 Å². The van der Waals surface area contributed by atoms with Crippen LogP contribution in [0.4, 0.5) is 0 Å². The minimum atomic E-state index is 0.221. The van der Waals surface area contributed by atoms with E-state index in [-0.39, 0.29) is 6.04 Å². The summed E-state index contributed by atoms with van der Waals surface area (Å²) in [6, 6.07) is 0.221. The average Bonchev–Trinajstić information content (AvgIpc) is 1.82. The topological polar surface area (TPSA) is 27.5 Å². The number of quaternary nitrogens is 1. The van der Waals surface area contributed by atoms with Crippen molar-refractivity contribution < 1.29 is 5.06 Å². The molecule has 2 heteroatoms. The molecule has 0 aromatic rings. The smallest absolute Gasteiger partial charge is 0.0814 e. The molecule has 0 radical (unpaired) electrons. The molecule has 0 saturated carbocycles. The molecular formula is C8H19NO. The first-order valence-corrected chi connectivity index (χ1v) is 4.06. The Morgan fingerprint density at radius 2 is 1.70 bits per heavy atom. The maximum absolute atomic E-state index is 11.0. The number of hydrogen-bond donors (Lipinski definition) is 1. The first kappa shape index (κ1) is 9.92. The van der Waals surface area contributed by atoms with Crippen molar-refractivity contribution in [2.75, 3.05) is 6.54 Å². The Labute approximate surface area is 63.8 Å². The van der Waals surface area contributed by atoms with Crippen molar-refractivity contribution in [1.29, 1.82) is 0 Å². The molecule has 10 heavy (non-hydrogen) atoms. The second kappa shape index (κ2) is 4.69. The minimum absolute atomic E-state index is 0.221. The van der Waals surface area contributed by atoms with Crippen molar-refractivity contribution in [3.63, 3.8) is 0 Å². The second-order valence-electron chi connectivity index (χ2n) is 3.55. The molecule has 0 aliphatic rings. The van der Waals surface area contributed by atoms with E-state index in [1.54, 1.807) is 0 Å². The van der Waals surface area contributed by atoms with Gasteiger partial charge in [-0.2, -0.15) is 0 Å². The standard InChI is InChI=1S/C8H19NO/c1-7(2)5-6-9(10)8(3)4/h7-9H,5-6H2,1-4H3. The third-order valence-electron chi connectivity index (χ3n) is 1.61. The highest BCUT2D eigenvalue weighted by molar-refractivity contribution is 4.43. The predicted molar refractivity (Wildman–Crippen MR) is 43.8 cm³/mol. The van der Waals surface area contributed by atoms with Crippen LogP contribution >= 0.6 is 0 Å². The minimum Gasteiger partial charge on any atom is -0.634 e. The van der Waals surface area contributed by atoms with Gasteiger partial charge in [0.2, 0.25) is 0 Å². The molecule has 0 aliphatic carbocycles. The van der Waals surface area contributed by atoms with Gasteiger partial charge < -0.3 is 10.3 Å². The molecule has 0 amide bonds. The molecule has 0 bridgehead atoms. The van der Waals surface area contributed by atoms with Crippen LogP contribution in [0, 0.1) is 11.1 Å². The SMILES string of the molecule is CC(C)CC[NH+]([O-])C(C)C. The highest BCUT2D eigenvalue weighted by Crippen LogP contribution is 1.94. The van der Waals surface area contributed by atoms with Crippen LogP contribution in [0.25, 0.3) is 0 Å². The third kappa shape index (κ3) is 4.77. The second-order valence-corrected chi connectivity index (χ2v) is 3.55. The number of hydrogen-bond acceptors (Lipinski definition) is 1. The number of hydroxylamine groups is 2. The first-order valence-electron chi connectivity index (χ1n) is 4.06. The van der Waals surface area contributed by atoms with E-state index in [0.29, 0.717) is 11.0 Å². The molecular weight excluding hydrogens is 126 g/mol. The molecule has 0 heterocycles. The molecule has 0 rings (SSSR count). The maximum Gasteiger partial charge on any atom is 0.0814 e. The summed E-state index contributed by atoms with van der Waals surface area (Å²) in [4.78, 5) is 0. The highest BCUT2D eigenvalue weighted by atomic mass is 16.5. The van der Waals surface area contributed by atoms with Gasteiger partial charge in [-0.3, -0.25) is 0 Å². The largest absolute Gasteiger partial charge is 0.634 e. The van der Waals surface area contributed by atoms with Crippen LogP contribution in [0.5, 0.6) is 0 Å². The van der Waals surface area contributed by atoms with Crippen molar-refractivity contribution in [3.05, 3.63) is 5.21 Å². The van der Waals surface area contributed by atoms with E-state index in [2.05, 4.69) is 13.8 Å². The van der Waals surface area contributed by atoms with Crippen LogP contribution in [0.3, 0.4) is 0 Å². The molecule has 1 N–H and O–H groups in total. The van der Waals surface area contributed by atoms with Gasteiger partial charge in [-0.15, -0.1) is 0 Å². The average molecular weight is 145 g/mol. The number of nitrogens with one attached hydrogen (secondary N) is 1. The van der Waals surface area contributed by atoms with Crippen molar-refractivity contribution >= 4 is 0 Å². The van der Waals surface area contributed by atoms with Crippen LogP contribution in [0.2, 0.25) is 0 Å². The Balaban J connectivity index is 3.30. The fourth-order valence-electron chi connectivity index (χ4n) is 0.720. The molecule has 0 aromatic heterocycles. The van der Waals surface area contributed by atoms with Crippen LogP contribution in [-0.4, -0.2) is 12.6 Å². The summed E-state index contributed by atoms with van der Waals surface area (Å²) in [5, 5.41) is 11.4. The predicted octanol–water partition coefficient (Wildman–Crippen LogP) is 0.824. The van der Waals surface area contributed by atoms with Gasteiger partial charge in [-0.1, -0.05) is 13.8 Å². The molecule has 2 nitrogen and oxygen atoms in total. The summed E-state index contributed by atoms with van der Waals surface area (Å²) in [5.41, 5.74) is 0. The quantitative estimate of drug-likeness (QED) is 0.583. The molecule has 62 valence electrons. The van der Waals surface area contributed by atoms with Crippen LogP contribution in [0.15, 0.2) is 0 Å². The van der Waals surface area contributed by atoms with E-state index in [9.17, 15) is 5.21 Å². The summed E-state index contributed by atoms with van der Waals surface area (Å²) in [6.07, 6.45) is 1.04. The summed E-state index contributed by atoms with van der Waals surface area (Å²) < 4.78 is 0. The van der Waals surface area contributed by atoms with E-state index in [4.69, 9.17) is 0 Å². The van der Waals surface area contributed by atoms with Gasteiger partial charge in [0, 0.05) is 0 Å². The molecule has 0 saturated heterocycles. The van der Waals surface area contributed by atoms with Crippen molar-refractivity contribution in [3.8, 4) is 0 Å². The fourth-order valence-corrected chi connectivity index (χ4v) is 0.720. The molecule has 0 spiro atoms. The normalized spacial score (nSPS) is 14.7. The van der Waals surface area contributed by atoms with Crippen molar-refractivity contribution in [1.82, 2.24) is 0 Å². The van der Waals surface area contributed by atoms with E-state index in [1.807, 2.05) is 13.8 Å². The molecule has 0 fully saturated rings. The van der Waals surface area contributed by atoms with E-state index >= 15 is 0 Å².